The topological polar surface area (TPSA) is 29.1 Å². The standard InChI is InChI=1S/C21H18ClNOS2/c22-16-8-3-5-14-6-4-10-19(21(14)16)26-13-20(24)23-17-11-12-25-18-9-2-1-7-15(17)18/h1-10,17H,11-13H2,(H,23,24). The molecule has 1 aliphatic heterocycles. The molecule has 0 aliphatic carbocycles. The van der Waals surface area contributed by atoms with Crippen molar-refractivity contribution in [3.05, 3.63) is 71.2 Å². The maximum atomic E-state index is 12.5. The van der Waals surface area contributed by atoms with E-state index in [2.05, 4.69) is 23.5 Å². The molecule has 0 aromatic heterocycles. The molecule has 0 saturated carbocycles. The number of amides is 1. The normalized spacial score (nSPS) is 16.3. The molecule has 0 bridgehead atoms. The summed E-state index contributed by atoms with van der Waals surface area (Å²) in [5, 5.41) is 6.05. The highest BCUT2D eigenvalue weighted by atomic mass is 35.5. The van der Waals surface area contributed by atoms with Crippen molar-refractivity contribution in [2.45, 2.75) is 22.3 Å². The smallest absolute Gasteiger partial charge is 0.230 e. The number of carbonyl (C=O) groups is 1. The molecule has 1 amide bonds. The molecular weight excluding hydrogens is 382 g/mol. The zero-order valence-electron chi connectivity index (χ0n) is 14.1. The predicted octanol–water partition coefficient (Wildman–Crippen LogP) is 5.94. The van der Waals surface area contributed by atoms with E-state index in [1.165, 1.54) is 10.5 Å². The number of thioether (sulfide) groups is 2. The zero-order valence-corrected chi connectivity index (χ0v) is 16.5. The number of fused-ring (bicyclic) bond motifs is 2. The van der Waals surface area contributed by atoms with Crippen molar-refractivity contribution in [2.24, 2.45) is 0 Å². The average Bonchev–Trinajstić information content (AvgIpc) is 2.67. The highest BCUT2D eigenvalue weighted by Gasteiger charge is 2.21. The summed E-state index contributed by atoms with van der Waals surface area (Å²) in [5.41, 5.74) is 1.23. The summed E-state index contributed by atoms with van der Waals surface area (Å²) < 4.78 is 0. The van der Waals surface area contributed by atoms with Crippen LogP contribution < -0.4 is 5.32 Å². The number of benzene rings is 3. The summed E-state index contributed by atoms with van der Waals surface area (Å²) in [5.74, 6) is 1.48. The van der Waals surface area contributed by atoms with E-state index in [1.807, 2.05) is 54.2 Å². The highest BCUT2D eigenvalue weighted by Crippen LogP contribution is 2.36. The minimum atomic E-state index is 0.0609. The summed E-state index contributed by atoms with van der Waals surface area (Å²) in [6.45, 7) is 0. The van der Waals surface area contributed by atoms with Gasteiger partial charge in [0.25, 0.3) is 0 Å². The van der Waals surface area contributed by atoms with Crippen LogP contribution in [0.2, 0.25) is 5.02 Å². The summed E-state index contributed by atoms with van der Waals surface area (Å²) >= 11 is 9.78. The van der Waals surface area contributed by atoms with Gasteiger partial charge < -0.3 is 5.32 Å². The van der Waals surface area contributed by atoms with Gasteiger partial charge in [0.05, 0.1) is 11.8 Å². The van der Waals surface area contributed by atoms with Crippen LogP contribution in [0.25, 0.3) is 10.8 Å². The predicted molar refractivity (Wildman–Crippen MR) is 112 cm³/mol. The van der Waals surface area contributed by atoms with E-state index < -0.39 is 0 Å². The Morgan fingerprint density at radius 1 is 1.12 bits per heavy atom. The Morgan fingerprint density at radius 3 is 2.81 bits per heavy atom. The van der Waals surface area contributed by atoms with Crippen molar-refractivity contribution in [3.8, 4) is 0 Å². The lowest BCUT2D eigenvalue weighted by molar-refractivity contribution is -0.119. The molecule has 3 aromatic carbocycles. The summed E-state index contributed by atoms with van der Waals surface area (Å²) in [4.78, 5) is 14.9. The second-order valence-corrected chi connectivity index (χ2v) is 8.74. The van der Waals surface area contributed by atoms with Gasteiger partial charge in [-0.1, -0.05) is 54.1 Å². The van der Waals surface area contributed by atoms with Crippen LogP contribution in [0.4, 0.5) is 0 Å². The Hall–Kier alpha value is -1.62. The van der Waals surface area contributed by atoms with Gasteiger partial charge in [0, 0.05) is 26.0 Å². The molecule has 0 radical (unpaired) electrons. The number of nitrogens with one attached hydrogen (secondary N) is 1. The minimum Gasteiger partial charge on any atom is -0.349 e. The molecule has 1 unspecified atom stereocenters. The molecule has 26 heavy (non-hydrogen) atoms. The van der Waals surface area contributed by atoms with Crippen LogP contribution in [0.3, 0.4) is 0 Å². The van der Waals surface area contributed by atoms with E-state index in [1.54, 1.807) is 11.8 Å². The lowest BCUT2D eigenvalue weighted by Crippen LogP contribution is -2.31. The van der Waals surface area contributed by atoms with Gasteiger partial charge in [0.1, 0.15) is 0 Å². The molecule has 1 atom stereocenters. The van der Waals surface area contributed by atoms with Crippen LogP contribution >= 0.6 is 35.1 Å². The van der Waals surface area contributed by atoms with Crippen molar-refractivity contribution in [2.75, 3.05) is 11.5 Å². The Labute approximate surface area is 166 Å². The fourth-order valence-corrected chi connectivity index (χ4v) is 5.64. The summed E-state index contributed by atoms with van der Waals surface area (Å²) in [6.07, 6.45) is 0.970. The first-order chi connectivity index (χ1) is 12.7. The number of hydrogen-bond donors (Lipinski definition) is 1. The van der Waals surface area contributed by atoms with Crippen LogP contribution in [0.1, 0.15) is 18.0 Å². The van der Waals surface area contributed by atoms with Gasteiger partial charge in [-0.3, -0.25) is 4.79 Å². The van der Waals surface area contributed by atoms with Crippen LogP contribution in [0.15, 0.2) is 70.5 Å². The molecule has 0 spiro atoms. The number of carbonyl (C=O) groups excluding carboxylic acids is 1. The molecule has 5 heteroatoms. The lowest BCUT2D eigenvalue weighted by Gasteiger charge is -2.25. The Bertz CT molecular complexity index is 954. The van der Waals surface area contributed by atoms with Gasteiger partial charge in [-0.05, 0) is 35.6 Å². The molecule has 132 valence electrons. The van der Waals surface area contributed by atoms with E-state index in [4.69, 9.17) is 11.6 Å². The monoisotopic (exact) mass is 399 g/mol. The molecule has 1 N–H and O–H groups in total. The van der Waals surface area contributed by atoms with Crippen LogP contribution in [-0.4, -0.2) is 17.4 Å². The van der Waals surface area contributed by atoms with Gasteiger partial charge in [0.2, 0.25) is 5.91 Å². The third-order valence-corrected chi connectivity index (χ3v) is 6.96. The van der Waals surface area contributed by atoms with Gasteiger partial charge in [0.15, 0.2) is 0 Å². The lowest BCUT2D eigenvalue weighted by atomic mass is 10.0. The van der Waals surface area contributed by atoms with E-state index in [0.29, 0.717) is 5.75 Å². The van der Waals surface area contributed by atoms with Crippen molar-refractivity contribution in [3.63, 3.8) is 0 Å². The summed E-state index contributed by atoms with van der Waals surface area (Å²) in [7, 11) is 0. The van der Waals surface area contributed by atoms with Crippen molar-refractivity contribution in [1.82, 2.24) is 5.32 Å². The molecule has 0 saturated heterocycles. The Morgan fingerprint density at radius 2 is 1.92 bits per heavy atom. The summed E-state index contributed by atoms with van der Waals surface area (Å²) in [6, 6.07) is 20.4. The van der Waals surface area contributed by atoms with Crippen molar-refractivity contribution in [1.29, 1.82) is 0 Å². The van der Waals surface area contributed by atoms with Gasteiger partial charge in [-0.15, -0.1) is 23.5 Å². The van der Waals surface area contributed by atoms with Crippen molar-refractivity contribution < 1.29 is 4.79 Å². The number of rotatable bonds is 4. The fraction of sp³-hybridized carbons (Fsp3) is 0.190. The van der Waals surface area contributed by atoms with Crippen molar-refractivity contribution >= 4 is 51.8 Å². The SMILES string of the molecule is O=C(CSc1cccc2cccc(Cl)c12)NC1CCSc2ccccc21. The molecule has 4 rings (SSSR count). The molecule has 0 fully saturated rings. The number of hydrogen-bond acceptors (Lipinski definition) is 3. The largest absolute Gasteiger partial charge is 0.349 e. The van der Waals surface area contributed by atoms with Gasteiger partial charge >= 0.3 is 0 Å². The molecular formula is C21H18ClNOS2. The quantitative estimate of drug-likeness (QED) is 0.550. The van der Waals surface area contributed by atoms with Crippen LogP contribution in [0.5, 0.6) is 0 Å². The van der Waals surface area contributed by atoms with Gasteiger partial charge in [-0.25, -0.2) is 0 Å². The molecule has 3 aromatic rings. The van der Waals surface area contributed by atoms with E-state index in [9.17, 15) is 4.79 Å². The first-order valence-corrected chi connectivity index (χ1v) is 10.9. The van der Waals surface area contributed by atoms with E-state index >= 15 is 0 Å². The zero-order chi connectivity index (χ0) is 17.9. The average molecular weight is 400 g/mol. The van der Waals surface area contributed by atoms with E-state index in [-0.39, 0.29) is 11.9 Å². The first kappa shape index (κ1) is 17.8. The Balaban J connectivity index is 1.46. The molecule has 1 aliphatic rings. The fourth-order valence-electron chi connectivity index (χ4n) is 3.25. The van der Waals surface area contributed by atoms with E-state index in [0.717, 1.165) is 32.9 Å². The maximum absolute atomic E-state index is 12.5. The second kappa shape index (κ2) is 7.95. The first-order valence-electron chi connectivity index (χ1n) is 8.53. The highest BCUT2D eigenvalue weighted by molar-refractivity contribution is 8.00. The third kappa shape index (κ3) is 3.73. The Kier molecular flexibility index (Phi) is 5.44. The van der Waals surface area contributed by atoms with Crippen LogP contribution in [-0.2, 0) is 4.79 Å². The van der Waals surface area contributed by atoms with Crippen LogP contribution in [0, 0.1) is 0 Å². The molecule has 1 heterocycles. The number of halogens is 1. The molecule has 2 nitrogen and oxygen atoms in total. The minimum absolute atomic E-state index is 0.0609. The maximum Gasteiger partial charge on any atom is 0.230 e. The second-order valence-electron chi connectivity index (χ2n) is 6.18. The third-order valence-electron chi connectivity index (χ3n) is 4.47. The van der Waals surface area contributed by atoms with Gasteiger partial charge in [-0.2, -0.15) is 0 Å².